The summed E-state index contributed by atoms with van der Waals surface area (Å²) in [6, 6.07) is 21.5. The molecule has 0 radical (unpaired) electrons. The topological polar surface area (TPSA) is 92.5 Å². The zero-order chi connectivity index (χ0) is 21.9. The molecule has 7 heteroatoms. The largest absolute Gasteiger partial charge is 0.454 e. The molecule has 5 rings (SSSR count). The quantitative estimate of drug-likeness (QED) is 0.416. The first-order valence-electron chi connectivity index (χ1n) is 10.0. The number of carbonyl (C=O) groups is 2. The van der Waals surface area contributed by atoms with Gasteiger partial charge in [0.15, 0.2) is 11.5 Å². The van der Waals surface area contributed by atoms with Crippen molar-refractivity contribution in [1.82, 2.24) is 10.3 Å². The molecule has 0 spiro atoms. The van der Waals surface area contributed by atoms with Gasteiger partial charge in [0.05, 0.1) is 0 Å². The van der Waals surface area contributed by atoms with Gasteiger partial charge >= 0.3 is 0 Å². The van der Waals surface area contributed by atoms with Crippen LogP contribution in [0.3, 0.4) is 0 Å². The highest BCUT2D eigenvalue weighted by atomic mass is 16.7. The molecule has 3 N–H and O–H groups in total. The molecule has 0 aliphatic carbocycles. The van der Waals surface area contributed by atoms with Crippen molar-refractivity contribution < 1.29 is 19.1 Å². The van der Waals surface area contributed by atoms with Gasteiger partial charge in [-0.25, -0.2) is 0 Å². The predicted molar refractivity (Wildman–Crippen MR) is 121 cm³/mol. The van der Waals surface area contributed by atoms with Crippen LogP contribution in [0.15, 0.2) is 84.7 Å². The maximum absolute atomic E-state index is 13.1. The van der Waals surface area contributed by atoms with Crippen molar-refractivity contribution in [3.8, 4) is 11.5 Å². The van der Waals surface area contributed by atoms with Crippen molar-refractivity contribution in [3.63, 3.8) is 0 Å². The lowest BCUT2D eigenvalue weighted by Crippen LogP contribution is -2.30. The van der Waals surface area contributed by atoms with Crippen molar-refractivity contribution >= 4 is 34.5 Å². The van der Waals surface area contributed by atoms with Crippen LogP contribution >= 0.6 is 0 Å². The molecule has 32 heavy (non-hydrogen) atoms. The van der Waals surface area contributed by atoms with Crippen LogP contribution in [0.4, 0.5) is 5.69 Å². The molecule has 0 bridgehead atoms. The summed E-state index contributed by atoms with van der Waals surface area (Å²) in [7, 11) is 0. The first kappa shape index (κ1) is 19.4. The van der Waals surface area contributed by atoms with Gasteiger partial charge < -0.3 is 25.1 Å². The number of benzene rings is 3. The van der Waals surface area contributed by atoms with Crippen molar-refractivity contribution in [2.45, 2.75) is 0 Å². The van der Waals surface area contributed by atoms with Gasteiger partial charge in [-0.1, -0.05) is 30.3 Å². The molecule has 3 aromatic carbocycles. The number of amides is 2. The van der Waals surface area contributed by atoms with Crippen LogP contribution in [-0.4, -0.2) is 23.6 Å². The average molecular weight is 425 g/mol. The van der Waals surface area contributed by atoms with Crippen LogP contribution in [0.1, 0.15) is 15.9 Å². The van der Waals surface area contributed by atoms with Crippen molar-refractivity contribution in [2.24, 2.45) is 0 Å². The van der Waals surface area contributed by atoms with E-state index in [1.165, 1.54) is 0 Å². The number of hydrogen-bond donors (Lipinski definition) is 3. The molecule has 158 valence electrons. The highest BCUT2D eigenvalue weighted by Crippen LogP contribution is 2.33. The molecule has 2 heterocycles. The fourth-order valence-electron chi connectivity index (χ4n) is 3.44. The molecule has 4 aromatic rings. The molecule has 1 aliphatic rings. The first-order valence-corrected chi connectivity index (χ1v) is 10.0. The van der Waals surface area contributed by atoms with E-state index in [0.29, 0.717) is 28.3 Å². The maximum Gasteiger partial charge on any atom is 0.272 e. The zero-order valence-corrected chi connectivity index (χ0v) is 16.9. The van der Waals surface area contributed by atoms with E-state index < -0.39 is 5.91 Å². The predicted octanol–water partition coefficient (Wildman–Crippen LogP) is 4.31. The maximum atomic E-state index is 13.1. The second-order valence-electron chi connectivity index (χ2n) is 7.22. The lowest BCUT2D eigenvalue weighted by atomic mass is 10.1. The van der Waals surface area contributed by atoms with Crippen molar-refractivity contribution in [2.75, 3.05) is 12.1 Å². The van der Waals surface area contributed by atoms with Crippen LogP contribution < -0.4 is 20.1 Å². The highest BCUT2D eigenvalue weighted by Gasteiger charge is 2.17. The number of hydrogen-bond acceptors (Lipinski definition) is 4. The third kappa shape index (κ3) is 4.04. The molecule has 0 unspecified atom stereocenters. The van der Waals surface area contributed by atoms with Gasteiger partial charge in [0.25, 0.3) is 11.8 Å². The standard InChI is InChI=1S/C25H19N3O4/c29-24(18-4-2-1-3-5-18)28-21(12-16-6-9-22-23(13-16)32-15-31-22)25(30)27-19-8-7-17-10-11-26-20(17)14-19/h1-14,26H,15H2,(H,27,30)(H,28,29)/b21-12+. The smallest absolute Gasteiger partial charge is 0.272 e. The lowest BCUT2D eigenvalue weighted by Gasteiger charge is -2.12. The summed E-state index contributed by atoms with van der Waals surface area (Å²) in [6.07, 6.45) is 3.44. The molecular formula is C25H19N3O4. The van der Waals surface area contributed by atoms with Crippen LogP contribution in [-0.2, 0) is 4.79 Å². The van der Waals surface area contributed by atoms with Crippen LogP contribution in [0.25, 0.3) is 17.0 Å². The minimum Gasteiger partial charge on any atom is -0.454 e. The third-order valence-electron chi connectivity index (χ3n) is 5.05. The second kappa shape index (κ2) is 8.31. The van der Waals surface area contributed by atoms with E-state index in [4.69, 9.17) is 9.47 Å². The highest BCUT2D eigenvalue weighted by molar-refractivity contribution is 6.11. The second-order valence-corrected chi connectivity index (χ2v) is 7.22. The van der Waals surface area contributed by atoms with Crippen LogP contribution in [0.2, 0.25) is 0 Å². The van der Waals surface area contributed by atoms with Gasteiger partial charge in [0.1, 0.15) is 5.70 Å². The SMILES string of the molecule is O=C(Nc1ccc2cc[nH]c2c1)/C(=C\c1ccc2c(c1)OCO2)NC(=O)c1ccccc1. The van der Waals surface area contributed by atoms with Crippen molar-refractivity contribution in [3.05, 3.63) is 95.8 Å². The minimum atomic E-state index is -0.446. The summed E-state index contributed by atoms with van der Waals surface area (Å²) in [5.41, 5.74) is 2.74. The van der Waals surface area contributed by atoms with Gasteiger partial charge in [0.2, 0.25) is 6.79 Å². The summed E-state index contributed by atoms with van der Waals surface area (Å²) < 4.78 is 10.8. The number of carbonyl (C=O) groups excluding carboxylic acids is 2. The first-order chi connectivity index (χ1) is 15.7. The van der Waals surface area contributed by atoms with E-state index in [1.807, 2.05) is 36.5 Å². The molecule has 1 aliphatic heterocycles. The number of nitrogens with one attached hydrogen (secondary N) is 3. The zero-order valence-electron chi connectivity index (χ0n) is 16.9. The molecule has 2 amide bonds. The monoisotopic (exact) mass is 425 g/mol. The Bertz CT molecular complexity index is 1340. The molecule has 1 aromatic heterocycles. The van der Waals surface area contributed by atoms with E-state index in [-0.39, 0.29) is 18.4 Å². The average Bonchev–Trinajstić information content (AvgIpc) is 3.47. The van der Waals surface area contributed by atoms with E-state index in [1.54, 1.807) is 48.5 Å². The van der Waals surface area contributed by atoms with E-state index in [0.717, 1.165) is 10.9 Å². The van der Waals surface area contributed by atoms with E-state index in [9.17, 15) is 9.59 Å². The Labute approximate surface area is 183 Å². The third-order valence-corrected chi connectivity index (χ3v) is 5.05. The normalized spacial score (nSPS) is 12.6. The van der Waals surface area contributed by atoms with Gasteiger partial charge in [-0.05, 0) is 59.5 Å². The number of aromatic amines is 1. The summed E-state index contributed by atoms with van der Waals surface area (Å²) in [6.45, 7) is 0.155. The Kier molecular flexibility index (Phi) is 5.05. The Morgan fingerprint density at radius 1 is 0.906 bits per heavy atom. The Morgan fingerprint density at radius 3 is 2.62 bits per heavy atom. The number of rotatable bonds is 5. The van der Waals surface area contributed by atoms with Gasteiger partial charge in [0, 0.05) is 23.0 Å². The fourth-order valence-corrected chi connectivity index (χ4v) is 3.44. The Balaban J connectivity index is 1.45. The Morgan fingerprint density at radius 2 is 1.75 bits per heavy atom. The van der Waals surface area contributed by atoms with Gasteiger partial charge in [-0.15, -0.1) is 0 Å². The van der Waals surface area contributed by atoms with E-state index in [2.05, 4.69) is 15.6 Å². The number of aromatic nitrogens is 1. The minimum absolute atomic E-state index is 0.101. The molecule has 0 fully saturated rings. The lowest BCUT2D eigenvalue weighted by molar-refractivity contribution is -0.113. The molecule has 7 nitrogen and oxygen atoms in total. The number of H-pyrrole nitrogens is 1. The summed E-state index contributed by atoms with van der Waals surface area (Å²) in [4.78, 5) is 29.0. The molecule has 0 saturated carbocycles. The summed E-state index contributed by atoms with van der Waals surface area (Å²) >= 11 is 0. The number of fused-ring (bicyclic) bond motifs is 2. The van der Waals surface area contributed by atoms with Gasteiger partial charge in [-0.3, -0.25) is 9.59 Å². The fraction of sp³-hybridized carbons (Fsp3) is 0.0400. The summed E-state index contributed by atoms with van der Waals surface area (Å²) in [5, 5.41) is 6.63. The van der Waals surface area contributed by atoms with Crippen LogP contribution in [0.5, 0.6) is 11.5 Å². The Hall–Kier alpha value is -4.52. The molecule has 0 atom stereocenters. The number of ether oxygens (including phenoxy) is 2. The van der Waals surface area contributed by atoms with Crippen LogP contribution in [0, 0.1) is 0 Å². The molecular weight excluding hydrogens is 406 g/mol. The van der Waals surface area contributed by atoms with E-state index >= 15 is 0 Å². The number of anilines is 1. The van der Waals surface area contributed by atoms with Crippen molar-refractivity contribution in [1.29, 1.82) is 0 Å². The summed E-state index contributed by atoms with van der Waals surface area (Å²) in [5.74, 6) is 0.399. The molecule has 0 saturated heterocycles. The van der Waals surface area contributed by atoms with Gasteiger partial charge in [-0.2, -0.15) is 0 Å².